The molecule has 0 saturated carbocycles. The van der Waals surface area contributed by atoms with Crippen LogP contribution in [0.15, 0.2) is 24.3 Å². The van der Waals surface area contributed by atoms with Crippen LogP contribution in [0, 0.1) is 0 Å². The van der Waals surface area contributed by atoms with Gasteiger partial charge in [0.05, 0.1) is 7.11 Å². The first kappa shape index (κ1) is 10.5. The highest BCUT2D eigenvalue weighted by Crippen LogP contribution is 2.16. The van der Waals surface area contributed by atoms with Gasteiger partial charge in [-0.25, -0.2) is 0 Å². The minimum absolute atomic E-state index is 0.145. The zero-order valence-corrected chi connectivity index (χ0v) is 7.93. The molecule has 0 fully saturated rings. The van der Waals surface area contributed by atoms with E-state index in [1.165, 1.54) is 7.11 Å². The number of carbonyl (C=O) groups excluding carboxylic acids is 1. The number of methoxy groups -OCH3 is 1. The molecular weight excluding hydrogens is 182 g/mol. The third kappa shape index (κ3) is 2.47. The highest BCUT2D eigenvalue weighted by molar-refractivity contribution is 5.75. The number of hydrogen-bond acceptors (Lipinski definition) is 4. The van der Waals surface area contributed by atoms with E-state index in [0.717, 1.165) is 0 Å². The molecule has 0 spiro atoms. The molecule has 1 rings (SSSR count). The second-order valence-corrected chi connectivity index (χ2v) is 2.96. The van der Waals surface area contributed by atoms with Crippen molar-refractivity contribution in [3.8, 4) is 5.75 Å². The van der Waals surface area contributed by atoms with Crippen LogP contribution in [0.2, 0.25) is 0 Å². The van der Waals surface area contributed by atoms with Gasteiger partial charge in [0.2, 0.25) is 0 Å². The summed E-state index contributed by atoms with van der Waals surface area (Å²) in [6.07, 6.45) is 0.277. The summed E-state index contributed by atoms with van der Waals surface area (Å²) in [6, 6.07) is 6.03. The smallest absolute Gasteiger partial charge is 0.322 e. The normalized spacial score (nSPS) is 12.1. The number of esters is 1. The number of ether oxygens (including phenoxy) is 1. The molecule has 0 heterocycles. The van der Waals surface area contributed by atoms with Crippen molar-refractivity contribution >= 4 is 5.97 Å². The summed E-state index contributed by atoms with van der Waals surface area (Å²) in [6.45, 7) is 0. The van der Waals surface area contributed by atoms with E-state index >= 15 is 0 Å². The van der Waals surface area contributed by atoms with E-state index in [9.17, 15) is 9.90 Å². The number of phenolic OH excluding ortho intramolecular Hbond substituents is 1. The number of benzene rings is 1. The Bertz CT molecular complexity index is 325. The van der Waals surface area contributed by atoms with Gasteiger partial charge in [0, 0.05) is 6.42 Å². The summed E-state index contributed by atoms with van der Waals surface area (Å²) >= 11 is 0. The minimum Gasteiger partial charge on any atom is -0.508 e. The Morgan fingerprint density at radius 1 is 1.57 bits per heavy atom. The Kier molecular flexibility index (Phi) is 3.48. The van der Waals surface area contributed by atoms with E-state index in [0.29, 0.717) is 5.56 Å². The standard InChI is InChI=1S/C10H13NO3/c1-14-10(13)8(11)6-7-4-2-3-5-9(7)12/h2-5,8,12H,6,11H2,1H3. The van der Waals surface area contributed by atoms with Gasteiger partial charge in [-0.2, -0.15) is 0 Å². The first-order valence-corrected chi connectivity index (χ1v) is 4.25. The Hall–Kier alpha value is -1.55. The van der Waals surface area contributed by atoms with Gasteiger partial charge in [-0.05, 0) is 11.6 Å². The molecule has 76 valence electrons. The lowest BCUT2D eigenvalue weighted by Crippen LogP contribution is -2.33. The predicted molar refractivity (Wildman–Crippen MR) is 51.8 cm³/mol. The summed E-state index contributed by atoms with van der Waals surface area (Å²) in [5.41, 5.74) is 6.19. The lowest BCUT2D eigenvalue weighted by molar-refractivity contribution is -0.142. The van der Waals surface area contributed by atoms with Gasteiger partial charge >= 0.3 is 5.97 Å². The zero-order valence-electron chi connectivity index (χ0n) is 7.93. The van der Waals surface area contributed by atoms with E-state index < -0.39 is 12.0 Å². The quantitative estimate of drug-likeness (QED) is 0.686. The van der Waals surface area contributed by atoms with Crippen molar-refractivity contribution in [2.24, 2.45) is 5.73 Å². The second kappa shape index (κ2) is 4.62. The lowest BCUT2D eigenvalue weighted by atomic mass is 10.1. The van der Waals surface area contributed by atoms with E-state index in [-0.39, 0.29) is 12.2 Å². The maximum atomic E-state index is 11.0. The van der Waals surface area contributed by atoms with Crippen LogP contribution in [0.4, 0.5) is 0 Å². The first-order chi connectivity index (χ1) is 6.65. The van der Waals surface area contributed by atoms with E-state index in [1.807, 2.05) is 0 Å². The van der Waals surface area contributed by atoms with Gasteiger partial charge in [0.25, 0.3) is 0 Å². The molecule has 0 radical (unpaired) electrons. The third-order valence-corrected chi connectivity index (χ3v) is 1.94. The molecule has 3 N–H and O–H groups in total. The number of para-hydroxylation sites is 1. The van der Waals surface area contributed by atoms with E-state index in [2.05, 4.69) is 4.74 Å². The number of nitrogens with two attached hydrogens (primary N) is 1. The molecule has 0 amide bonds. The number of carbonyl (C=O) groups is 1. The van der Waals surface area contributed by atoms with Gasteiger partial charge in [-0.3, -0.25) is 4.79 Å². The van der Waals surface area contributed by atoms with E-state index in [1.54, 1.807) is 24.3 Å². The topological polar surface area (TPSA) is 72.5 Å². The van der Waals surface area contributed by atoms with Crippen molar-refractivity contribution in [3.05, 3.63) is 29.8 Å². The van der Waals surface area contributed by atoms with Crippen molar-refractivity contribution in [1.82, 2.24) is 0 Å². The number of hydrogen-bond donors (Lipinski definition) is 2. The van der Waals surface area contributed by atoms with Crippen molar-refractivity contribution in [3.63, 3.8) is 0 Å². The molecule has 1 aromatic rings. The average Bonchev–Trinajstić information content (AvgIpc) is 2.20. The van der Waals surface area contributed by atoms with Crippen LogP contribution >= 0.6 is 0 Å². The summed E-state index contributed by atoms with van der Waals surface area (Å²) < 4.78 is 4.48. The fourth-order valence-electron chi connectivity index (χ4n) is 1.16. The maximum absolute atomic E-state index is 11.0. The number of phenols is 1. The molecule has 0 bridgehead atoms. The Morgan fingerprint density at radius 2 is 2.21 bits per heavy atom. The van der Waals surface area contributed by atoms with Gasteiger partial charge in [-0.15, -0.1) is 0 Å². The Balaban J connectivity index is 2.69. The first-order valence-electron chi connectivity index (χ1n) is 4.25. The van der Waals surface area contributed by atoms with Crippen LogP contribution in [0.5, 0.6) is 5.75 Å². The molecule has 0 aliphatic heterocycles. The second-order valence-electron chi connectivity index (χ2n) is 2.96. The monoisotopic (exact) mass is 195 g/mol. The number of aromatic hydroxyl groups is 1. The predicted octanol–water partition coefficient (Wildman–Crippen LogP) is 0.435. The summed E-state index contributed by atoms with van der Waals surface area (Å²) in [4.78, 5) is 11.0. The molecule has 14 heavy (non-hydrogen) atoms. The molecule has 1 aromatic carbocycles. The fourth-order valence-corrected chi connectivity index (χ4v) is 1.16. The molecule has 4 heteroatoms. The largest absolute Gasteiger partial charge is 0.508 e. The van der Waals surface area contributed by atoms with Gasteiger partial charge in [-0.1, -0.05) is 18.2 Å². The van der Waals surface area contributed by atoms with Crippen molar-refractivity contribution < 1.29 is 14.6 Å². The molecule has 0 aliphatic rings. The van der Waals surface area contributed by atoms with Crippen LogP contribution in [0.3, 0.4) is 0 Å². The van der Waals surface area contributed by atoms with Gasteiger partial charge < -0.3 is 15.6 Å². The van der Waals surface area contributed by atoms with Crippen molar-refractivity contribution in [2.75, 3.05) is 7.11 Å². The molecule has 1 unspecified atom stereocenters. The van der Waals surface area contributed by atoms with Crippen LogP contribution in [0.25, 0.3) is 0 Å². The average molecular weight is 195 g/mol. The van der Waals surface area contributed by atoms with Crippen LogP contribution in [0.1, 0.15) is 5.56 Å². The van der Waals surface area contributed by atoms with Gasteiger partial charge in [0.15, 0.2) is 0 Å². The van der Waals surface area contributed by atoms with Crippen LogP contribution < -0.4 is 5.73 Å². The fraction of sp³-hybridized carbons (Fsp3) is 0.300. The highest BCUT2D eigenvalue weighted by atomic mass is 16.5. The summed E-state index contributed by atoms with van der Waals surface area (Å²) in [7, 11) is 1.28. The SMILES string of the molecule is COC(=O)C(N)Cc1ccccc1O. The Morgan fingerprint density at radius 3 is 2.79 bits per heavy atom. The molecule has 4 nitrogen and oxygen atoms in total. The van der Waals surface area contributed by atoms with Gasteiger partial charge in [0.1, 0.15) is 11.8 Å². The maximum Gasteiger partial charge on any atom is 0.322 e. The lowest BCUT2D eigenvalue weighted by Gasteiger charge is -2.09. The van der Waals surface area contributed by atoms with Crippen LogP contribution in [-0.4, -0.2) is 24.2 Å². The Labute approximate surface area is 82.3 Å². The molecule has 0 saturated heterocycles. The summed E-state index contributed by atoms with van der Waals surface area (Å²) in [5, 5.41) is 9.41. The van der Waals surface area contributed by atoms with Crippen molar-refractivity contribution in [1.29, 1.82) is 0 Å². The number of rotatable bonds is 3. The minimum atomic E-state index is -0.728. The molecule has 0 aromatic heterocycles. The van der Waals surface area contributed by atoms with E-state index in [4.69, 9.17) is 5.73 Å². The zero-order chi connectivity index (χ0) is 10.6. The molecular formula is C10H13NO3. The molecule has 1 atom stereocenters. The third-order valence-electron chi connectivity index (χ3n) is 1.94. The van der Waals surface area contributed by atoms with Crippen molar-refractivity contribution in [2.45, 2.75) is 12.5 Å². The molecule has 0 aliphatic carbocycles. The highest BCUT2D eigenvalue weighted by Gasteiger charge is 2.15. The van der Waals surface area contributed by atoms with Crippen LogP contribution in [-0.2, 0) is 16.0 Å². The summed E-state index contributed by atoms with van der Waals surface area (Å²) in [5.74, 6) is -0.333.